The van der Waals surface area contributed by atoms with Crippen LogP contribution < -0.4 is 5.32 Å². The van der Waals surface area contributed by atoms with Crippen molar-refractivity contribution < 1.29 is 4.48 Å². The highest BCUT2D eigenvalue weighted by molar-refractivity contribution is 7.79. The Hall–Kier alpha value is -1.45. The first-order chi connectivity index (χ1) is 8.74. The minimum atomic E-state index is 0.342. The second-order valence-corrected chi connectivity index (χ2v) is 4.98. The van der Waals surface area contributed by atoms with Gasteiger partial charge in [-0.25, -0.2) is 0 Å². The number of hydrogen-bond acceptors (Lipinski definition) is 1. The topological polar surface area (TPSA) is 12.0 Å². The van der Waals surface area contributed by atoms with Crippen molar-refractivity contribution in [1.29, 1.82) is 0 Å². The van der Waals surface area contributed by atoms with E-state index >= 15 is 0 Å². The van der Waals surface area contributed by atoms with Crippen LogP contribution in [0, 0.1) is 0 Å². The number of hydrogen-bond donors (Lipinski definition) is 1. The van der Waals surface area contributed by atoms with E-state index in [2.05, 4.69) is 42.7 Å². The fourth-order valence-corrected chi connectivity index (χ4v) is 3.05. The highest BCUT2D eigenvalue weighted by atomic mass is 32.1. The first kappa shape index (κ1) is 13.0. The summed E-state index contributed by atoms with van der Waals surface area (Å²) in [6.45, 7) is 10.3. The molecule has 94 valence electrons. The molecule has 1 aromatic rings. The second-order valence-electron chi connectivity index (χ2n) is 4.59. The fourth-order valence-electron chi connectivity index (χ4n) is 2.69. The minimum absolute atomic E-state index is 0.342. The second kappa shape index (κ2) is 5.46. The fraction of sp³-hybridized carbons (Fsp3) is 0.267. The zero-order valence-electron chi connectivity index (χ0n) is 10.5. The molecule has 18 heavy (non-hydrogen) atoms. The lowest BCUT2D eigenvalue weighted by Gasteiger charge is -2.36. The van der Waals surface area contributed by atoms with Gasteiger partial charge in [-0.05, 0) is 12.2 Å². The van der Waals surface area contributed by atoms with Crippen molar-refractivity contribution in [3.05, 3.63) is 61.2 Å². The smallest absolute Gasteiger partial charge is 0.271 e. The summed E-state index contributed by atoms with van der Waals surface area (Å²) in [7, 11) is 0. The van der Waals surface area contributed by atoms with Gasteiger partial charge in [-0.2, -0.15) is 0 Å². The Morgan fingerprint density at radius 1 is 1.22 bits per heavy atom. The summed E-state index contributed by atoms with van der Waals surface area (Å²) in [5.41, 5.74) is 1.31. The molecule has 1 aliphatic heterocycles. The van der Waals surface area contributed by atoms with Crippen molar-refractivity contribution in [3.63, 3.8) is 0 Å². The number of rotatable bonds is 5. The maximum Gasteiger partial charge on any atom is 0.271 e. The van der Waals surface area contributed by atoms with Crippen molar-refractivity contribution in [3.8, 4) is 0 Å². The Bertz CT molecular complexity index is 443. The van der Waals surface area contributed by atoms with E-state index < -0.39 is 0 Å². The van der Waals surface area contributed by atoms with Crippen molar-refractivity contribution in [2.24, 2.45) is 0 Å². The predicted molar refractivity (Wildman–Crippen MR) is 80.2 cm³/mol. The Kier molecular flexibility index (Phi) is 3.94. The van der Waals surface area contributed by atoms with E-state index in [9.17, 15) is 0 Å². The van der Waals surface area contributed by atoms with Crippen LogP contribution in [0.3, 0.4) is 0 Å². The summed E-state index contributed by atoms with van der Waals surface area (Å²) in [6, 6.07) is 10.9. The van der Waals surface area contributed by atoms with Crippen LogP contribution in [-0.2, 0) is 0 Å². The molecule has 1 saturated heterocycles. The van der Waals surface area contributed by atoms with Gasteiger partial charge >= 0.3 is 0 Å². The molecule has 0 radical (unpaired) electrons. The van der Waals surface area contributed by atoms with Crippen molar-refractivity contribution in [2.45, 2.75) is 6.04 Å². The summed E-state index contributed by atoms with van der Waals surface area (Å²) in [6.07, 6.45) is 3.89. The molecule has 0 bridgehead atoms. The monoisotopic (exact) mass is 259 g/mol. The molecule has 1 aromatic carbocycles. The molecule has 2 nitrogen and oxygen atoms in total. The molecule has 0 spiro atoms. The molecule has 0 aromatic heterocycles. The molecule has 3 heteroatoms. The maximum absolute atomic E-state index is 5.53. The summed E-state index contributed by atoms with van der Waals surface area (Å²) in [4.78, 5) is 0. The average molecular weight is 259 g/mol. The van der Waals surface area contributed by atoms with E-state index in [1.165, 1.54) is 5.56 Å². The van der Waals surface area contributed by atoms with Gasteiger partial charge in [0, 0.05) is 17.8 Å². The highest BCUT2D eigenvalue weighted by Gasteiger charge is 2.46. The van der Waals surface area contributed by atoms with E-state index in [1.807, 2.05) is 18.2 Å². The van der Waals surface area contributed by atoms with Gasteiger partial charge in [0.05, 0.1) is 6.54 Å². The quantitative estimate of drug-likeness (QED) is 0.496. The van der Waals surface area contributed by atoms with Crippen LogP contribution in [0.5, 0.6) is 0 Å². The Labute approximate surface area is 114 Å². The van der Waals surface area contributed by atoms with Crippen molar-refractivity contribution in [1.82, 2.24) is 5.32 Å². The van der Waals surface area contributed by atoms with Crippen LogP contribution in [0.4, 0.5) is 0 Å². The van der Waals surface area contributed by atoms with Gasteiger partial charge in [0.25, 0.3) is 5.11 Å². The van der Waals surface area contributed by atoms with Gasteiger partial charge in [-0.3, -0.25) is 4.48 Å². The average Bonchev–Trinajstić information content (AvgIpc) is 2.69. The lowest BCUT2D eigenvalue weighted by atomic mass is 10.0. The van der Waals surface area contributed by atoms with Gasteiger partial charge in [-0.1, -0.05) is 43.5 Å². The number of thiocarbonyl (C=S) groups is 1. The van der Waals surface area contributed by atoms with E-state index in [4.69, 9.17) is 12.2 Å². The lowest BCUT2D eigenvalue weighted by molar-refractivity contribution is -0.851. The predicted octanol–water partition coefficient (Wildman–Crippen LogP) is 2.80. The Morgan fingerprint density at radius 3 is 2.39 bits per heavy atom. The molecule has 0 aliphatic carbocycles. The van der Waals surface area contributed by atoms with E-state index in [0.717, 1.165) is 24.7 Å². The molecule has 1 aliphatic rings. The molecule has 1 heterocycles. The normalized spacial score (nSPS) is 21.3. The van der Waals surface area contributed by atoms with Gasteiger partial charge in [0.15, 0.2) is 0 Å². The summed E-state index contributed by atoms with van der Waals surface area (Å²) in [5, 5.41) is 4.23. The molecule has 1 atom stereocenters. The third-order valence-corrected chi connectivity index (χ3v) is 4.05. The van der Waals surface area contributed by atoms with Crippen LogP contribution in [0.25, 0.3) is 0 Å². The Balaban J connectivity index is 2.42. The zero-order chi connectivity index (χ0) is 13.0. The largest absolute Gasteiger partial charge is 0.325 e. The van der Waals surface area contributed by atoms with Crippen molar-refractivity contribution >= 4 is 17.3 Å². The molecule has 1 fully saturated rings. The molecular formula is C15H19N2S+. The minimum Gasteiger partial charge on any atom is -0.325 e. The number of quaternary nitrogens is 1. The molecule has 0 amide bonds. The highest BCUT2D eigenvalue weighted by Crippen LogP contribution is 2.33. The molecule has 0 saturated carbocycles. The first-order valence-electron chi connectivity index (χ1n) is 6.16. The van der Waals surface area contributed by atoms with Gasteiger partial charge < -0.3 is 5.32 Å². The van der Waals surface area contributed by atoms with E-state index in [1.54, 1.807) is 0 Å². The zero-order valence-corrected chi connectivity index (χ0v) is 11.3. The standard InChI is InChI=1S/C15H18N2S/c1-3-10-17(11-4-2)14(12-16-15(17)18)13-8-6-5-7-9-13/h3-9,14H,1-2,10-12H2/p+1. The Morgan fingerprint density at radius 2 is 1.83 bits per heavy atom. The SMILES string of the molecule is C=CC[N+]1(CC=C)C(=S)NCC1c1ccccc1. The van der Waals surface area contributed by atoms with E-state index in [-0.39, 0.29) is 0 Å². The van der Waals surface area contributed by atoms with Gasteiger partial charge in [0.2, 0.25) is 0 Å². The maximum atomic E-state index is 5.53. The summed E-state index contributed by atoms with van der Waals surface area (Å²) < 4.78 is 0.715. The third-order valence-electron chi connectivity index (χ3n) is 3.54. The van der Waals surface area contributed by atoms with Gasteiger partial charge in [-0.15, -0.1) is 0 Å². The van der Waals surface area contributed by atoms with Gasteiger partial charge in [0.1, 0.15) is 19.1 Å². The first-order valence-corrected chi connectivity index (χ1v) is 6.57. The van der Waals surface area contributed by atoms with Crippen LogP contribution in [-0.4, -0.2) is 29.2 Å². The molecule has 2 rings (SSSR count). The number of nitrogens with one attached hydrogen (secondary N) is 1. The molecule has 1 unspecified atom stereocenters. The summed E-state index contributed by atoms with van der Waals surface area (Å²) in [5.74, 6) is 0. The van der Waals surface area contributed by atoms with Crippen molar-refractivity contribution in [2.75, 3.05) is 19.6 Å². The number of benzene rings is 1. The summed E-state index contributed by atoms with van der Waals surface area (Å²) >= 11 is 5.53. The molecular weight excluding hydrogens is 240 g/mol. The lowest BCUT2D eigenvalue weighted by Crippen LogP contribution is -2.51. The van der Waals surface area contributed by atoms with Crippen LogP contribution in [0.2, 0.25) is 0 Å². The van der Waals surface area contributed by atoms with E-state index in [0.29, 0.717) is 10.5 Å². The number of nitrogens with zero attached hydrogens (tertiary/aromatic N) is 1. The van der Waals surface area contributed by atoms with Crippen LogP contribution >= 0.6 is 12.2 Å². The third kappa shape index (κ3) is 2.11. The molecule has 1 N–H and O–H groups in total. The van der Waals surface area contributed by atoms with Crippen LogP contribution in [0.15, 0.2) is 55.6 Å². The van der Waals surface area contributed by atoms with Crippen LogP contribution in [0.1, 0.15) is 11.6 Å².